The number of aromatic nitrogens is 3. The number of H-pyrrole nitrogens is 1. The van der Waals surface area contributed by atoms with Crippen LogP contribution in [0.2, 0.25) is 5.02 Å². The van der Waals surface area contributed by atoms with Crippen molar-refractivity contribution in [1.29, 1.82) is 0 Å². The average molecular weight is 394 g/mol. The molecular formula is C18H17ClFN3S2. The number of benzene rings is 2. The summed E-state index contributed by atoms with van der Waals surface area (Å²) in [5.41, 5.74) is 4.26. The van der Waals surface area contributed by atoms with Gasteiger partial charge in [-0.25, -0.2) is 4.39 Å². The second-order valence-corrected chi connectivity index (χ2v) is 7.63. The van der Waals surface area contributed by atoms with Gasteiger partial charge in [0, 0.05) is 10.8 Å². The van der Waals surface area contributed by atoms with E-state index in [0.717, 1.165) is 17.1 Å². The molecule has 0 atom stereocenters. The molecule has 0 unspecified atom stereocenters. The van der Waals surface area contributed by atoms with Crippen LogP contribution in [0.1, 0.15) is 22.5 Å². The van der Waals surface area contributed by atoms with Crippen molar-refractivity contribution < 1.29 is 4.39 Å². The Balaban J connectivity index is 1.79. The lowest BCUT2D eigenvalue weighted by Gasteiger charge is -2.09. The first-order valence-corrected chi connectivity index (χ1v) is 9.65. The van der Waals surface area contributed by atoms with Crippen LogP contribution in [0.4, 0.5) is 4.39 Å². The second kappa shape index (κ2) is 7.72. The molecule has 3 nitrogen and oxygen atoms in total. The van der Waals surface area contributed by atoms with Gasteiger partial charge in [0.25, 0.3) is 0 Å². The molecule has 25 heavy (non-hydrogen) atoms. The van der Waals surface area contributed by atoms with Gasteiger partial charge in [0.05, 0.1) is 11.4 Å². The van der Waals surface area contributed by atoms with E-state index < -0.39 is 0 Å². The Morgan fingerprint density at radius 2 is 1.88 bits per heavy atom. The van der Waals surface area contributed by atoms with Crippen LogP contribution in [0.15, 0.2) is 36.4 Å². The van der Waals surface area contributed by atoms with Crippen LogP contribution in [0.5, 0.6) is 0 Å². The summed E-state index contributed by atoms with van der Waals surface area (Å²) < 4.78 is 15.6. The maximum atomic E-state index is 13.1. The van der Waals surface area contributed by atoms with Gasteiger partial charge in [-0.1, -0.05) is 23.7 Å². The third-order valence-electron chi connectivity index (χ3n) is 3.71. The molecule has 0 amide bonds. The summed E-state index contributed by atoms with van der Waals surface area (Å²) in [6.45, 7) is 4.12. The molecule has 0 spiro atoms. The highest BCUT2D eigenvalue weighted by Crippen LogP contribution is 2.25. The Morgan fingerprint density at radius 3 is 2.56 bits per heavy atom. The molecule has 1 heterocycles. The van der Waals surface area contributed by atoms with Gasteiger partial charge in [-0.3, -0.25) is 9.67 Å². The highest BCUT2D eigenvalue weighted by atomic mass is 35.5. The highest BCUT2D eigenvalue weighted by Gasteiger charge is 2.10. The molecule has 2 aromatic carbocycles. The van der Waals surface area contributed by atoms with Crippen molar-refractivity contribution in [3.8, 4) is 5.69 Å². The number of nitrogens with one attached hydrogen (secondary N) is 1. The summed E-state index contributed by atoms with van der Waals surface area (Å²) in [7, 11) is 0. The zero-order valence-corrected chi connectivity index (χ0v) is 16.2. The van der Waals surface area contributed by atoms with Crippen molar-refractivity contribution in [2.45, 2.75) is 25.4 Å². The van der Waals surface area contributed by atoms with Crippen molar-refractivity contribution >= 4 is 35.6 Å². The largest absolute Gasteiger partial charge is 0.271 e. The molecule has 1 N–H and O–H groups in total. The topological polar surface area (TPSA) is 33.6 Å². The first kappa shape index (κ1) is 18.2. The molecule has 0 saturated heterocycles. The van der Waals surface area contributed by atoms with Gasteiger partial charge in [0.15, 0.2) is 4.77 Å². The van der Waals surface area contributed by atoms with Gasteiger partial charge >= 0.3 is 0 Å². The van der Waals surface area contributed by atoms with E-state index in [4.69, 9.17) is 23.8 Å². The van der Waals surface area contributed by atoms with E-state index in [1.54, 1.807) is 17.8 Å². The maximum Gasteiger partial charge on any atom is 0.199 e. The fraction of sp³-hybridized carbons (Fsp3) is 0.222. The first-order valence-electron chi connectivity index (χ1n) is 7.70. The minimum atomic E-state index is -0.325. The van der Waals surface area contributed by atoms with E-state index in [1.807, 2.05) is 4.57 Å². The number of thioether (sulfide) groups is 1. The number of rotatable bonds is 5. The Hall–Kier alpha value is -1.63. The molecule has 0 saturated carbocycles. The third-order valence-corrected chi connectivity index (χ3v) is 5.31. The van der Waals surface area contributed by atoms with E-state index in [9.17, 15) is 4.39 Å². The fourth-order valence-electron chi connectivity index (χ4n) is 2.66. The lowest BCUT2D eigenvalue weighted by atomic mass is 10.1. The van der Waals surface area contributed by atoms with Crippen molar-refractivity contribution in [3.05, 3.63) is 74.5 Å². The lowest BCUT2D eigenvalue weighted by Crippen LogP contribution is -2.01. The summed E-state index contributed by atoms with van der Waals surface area (Å²) in [6.07, 6.45) is 0. The fourth-order valence-corrected chi connectivity index (χ4v) is 4.18. The molecule has 1 aromatic heterocycles. The second-order valence-electron chi connectivity index (χ2n) is 5.85. The molecule has 3 rings (SSSR count). The van der Waals surface area contributed by atoms with E-state index in [-0.39, 0.29) is 5.82 Å². The smallest absolute Gasteiger partial charge is 0.199 e. The molecule has 130 valence electrons. The van der Waals surface area contributed by atoms with Crippen LogP contribution in [0.25, 0.3) is 5.69 Å². The standard InChI is InChI=1S/C18H17ClFN3S2/c1-11-5-12(2)7-15(6-11)23-17(21-22-18(23)24)10-25-9-13-3-4-14(20)8-16(13)19/h3-8H,9-10H2,1-2H3,(H,22,24). The Morgan fingerprint density at radius 1 is 1.16 bits per heavy atom. The molecule has 0 radical (unpaired) electrons. The first-order chi connectivity index (χ1) is 11.9. The highest BCUT2D eigenvalue weighted by molar-refractivity contribution is 7.97. The summed E-state index contributed by atoms with van der Waals surface area (Å²) in [4.78, 5) is 0. The number of halogens is 2. The monoisotopic (exact) mass is 393 g/mol. The van der Waals surface area contributed by atoms with Crippen molar-refractivity contribution in [2.75, 3.05) is 0 Å². The lowest BCUT2D eigenvalue weighted by molar-refractivity contribution is 0.627. The van der Waals surface area contributed by atoms with Gasteiger partial charge in [0.2, 0.25) is 0 Å². The zero-order valence-electron chi connectivity index (χ0n) is 13.8. The minimum absolute atomic E-state index is 0.325. The van der Waals surface area contributed by atoms with Gasteiger partial charge in [-0.2, -0.15) is 5.10 Å². The van der Waals surface area contributed by atoms with E-state index in [1.165, 1.54) is 23.3 Å². The number of hydrogen-bond acceptors (Lipinski definition) is 3. The summed E-state index contributed by atoms with van der Waals surface area (Å²) in [5.74, 6) is 1.85. The predicted octanol–water partition coefficient (Wildman–Crippen LogP) is 5.77. The molecule has 0 fully saturated rings. The summed E-state index contributed by atoms with van der Waals surface area (Å²) >= 11 is 13.1. The Labute approximate surface area is 160 Å². The predicted molar refractivity (Wildman–Crippen MR) is 105 cm³/mol. The van der Waals surface area contributed by atoms with Crippen LogP contribution in [-0.2, 0) is 11.5 Å². The van der Waals surface area contributed by atoms with Crippen molar-refractivity contribution in [3.63, 3.8) is 0 Å². The molecular weight excluding hydrogens is 377 g/mol. The van der Waals surface area contributed by atoms with Crippen LogP contribution < -0.4 is 0 Å². The zero-order chi connectivity index (χ0) is 18.0. The van der Waals surface area contributed by atoms with Gasteiger partial charge in [0.1, 0.15) is 11.6 Å². The molecule has 7 heteroatoms. The number of nitrogens with zero attached hydrogens (tertiary/aromatic N) is 2. The van der Waals surface area contributed by atoms with Crippen LogP contribution in [0.3, 0.4) is 0 Å². The van der Waals surface area contributed by atoms with Crippen LogP contribution in [0, 0.1) is 24.4 Å². The third kappa shape index (κ3) is 4.32. The van der Waals surface area contributed by atoms with E-state index in [2.05, 4.69) is 42.2 Å². The number of aryl methyl sites for hydroxylation is 2. The Bertz CT molecular complexity index is 945. The molecule has 3 aromatic rings. The average Bonchev–Trinajstić information content (AvgIpc) is 2.89. The van der Waals surface area contributed by atoms with E-state index in [0.29, 0.717) is 21.3 Å². The van der Waals surface area contributed by atoms with Crippen molar-refractivity contribution in [1.82, 2.24) is 14.8 Å². The van der Waals surface area contributed by atoms with Crippen LogP contribution >= 0.6 is 35.6 Å². The van der Waals surface area contributed by atoms with Crippen molar-refractivity contribution in [2.24, 2.45) is 0 Å². The number of aromatic amines is 1. The summed E-state index contributed by atoms with van der Waals surface area (Å²) in [5, 5.41) is 7.67. The molecule has 0 bridgehead atoms. The normalized spacial score (nSPS) is 11.0. The number of hydrogen-bond donors (Lipinski definition) is 1. The maximum absolute atomic E-state index is 13.1. The molecule has 0 aliphatic carbocycles. The van der Waals surface area contributed by atoms with Crippen LogP contribution in [-0.4, -0.2) is 14.8 Å². The quantitative estimate of drug-likeness (QED) is 0.558. The van der Waals surface area contributed by atoms with Gasteiger partial charge < -0.3 is 0 Å². The molecule has 0 aliphatic rings. The Kier molecular flexibility index (Phi) is 5.61. The van der Waals surface area contributed by atoms with Gasteiger partial charge in [-0.05, 0) is 67.0 Å². The summed E-state index contributed by atoms with van der Waals surface area (Å²) in [6, 6.07) is 10.8. The van der Waals surface area contributed by atoms with E-state index >= 15 is 0 Å². The SMILES string of the molecule is Cc1cc(C)cc(-n2c(CSCc3ccc(F)cc3Cl)n[nH]c2=S)c1. The molecule has 0 aliphatic heterocycles. The minimum Gasteiger partial charge on any atom is -0.271 e. The van der Waals surface area contributed by atoms with Gasteiger partial charge in [-0.15, -0.1) is 11.8 Å².